The molecule has 0 aromatic rings. The molecular formula is C14H23N3O2. The van der Waals surface area contributed by atoms with Gasteiger partial charge in [-0.3, -0.25) is 9.69 Å². The van der Waals surface area contributed by atoms with Crippen molar-refractivity contribution in [2.45, 2.75) is 32.1 Å². The lowest BCUT2D eigenvalue weighted by molar-refractivity contribution is -0.127. The van der Waals surface area contributed by atoms with Gasteiger partial charge in [-0.1, -0.05) is 12.8 Å². The number of nitriles is 1. The Morgan fingerprint density at radius 2 is 2.00 bits per heavy atom. The zero-order valence-electron chi connectivity index (χ0n) is 11.5. The highest BCUT2D eigenvalue weighted by molar-refractivity contribution is 5.85. The highest BCUT2D eigenvalue weighted by atomic mass is 16.5. The number of hydrogen-bond donors (Lipinski definition) is 1. The summed E-state index contributed by atoms with van der Waals surface area (Å²) in [5.74, 6) is -0.0607. The summed E-state index contributed by atoms with van der Waals surface area (Å²) >= 11 is 0. The summed E-state index contributed by atoms with van der Waals surface area (Å²) in [5.41, 5.74) is -0.737. The van der Waals surface area contributed by atoms with Crippen LogP contribution in [0.15, 0.2) is 0 Å². The molecule has 1 saturated heterocycles. The van der Waals surface area contributed by atoms with Crippen molar-refractivity contribution >= 4 is 5.91 Å². The van der Waals surface area contributed by atoms with Crippen LogP contribution < -0.4 is 5.32 Å². The van der Waals surface area contributed by atoms with Crippen LogP contribution in [0.5, 0.6) is 0 Å². The normalized spacial score (nSPS) is 22.9. The van der Waals surface area contributed by atoms with E-state index in [0.717, 1.165) is 65.0 Å². The Morgan fingerprint density at radius 3 is 2.63 bits per heavy atom. The molecule has 1 saturated carbocycles. The van der Waals surface area contributed by atoms with Crippen molar-refractivity contribution in [2.75, 3.05) is 39.4 Å². The lowest BCUT2D eigenvalue weighted by Crippen LogP contribution is -2.41. The fourth-order valence-corrected chi connectivity index (χ4v) is 2.87. The van der Waals surface area contributed by atoms with Gasteiger partial charge in [0.05, 0.1) is 19.3 Å². The highest BCUT2D eigenvalue weighted by Crippen LogP contribution is 2.37. The summed E-state index contributed by atoms with van der Waals surface area (Å²) in [5, 5.41) is 12.2. The van der Waals surface area contributed by atoms with E-state index in [9.17, 15) is 10.1 Å². The van der Waals surface area contributed by atoms with Crippen molar-refractivity contribution in [3.8, 4) is 6.07 Å². The SMILES string of the molecule is N#CC1(C(=O)NCCCN2CCOCC2)CCCC1. The zero-order chi connectivity index (χ0) is 13.6. The molecule has 0 spiro atoms. The maximum atomic E-state index is 12.1. The second-order valence-corrected chi connectivity index (χ2v) is 5.46. The summed E-state index contributed by atoms with van der Waals surface area (Å²) in [7, 11) is 0. The van der Waals surface area contributed by atoms with E-state index in [-0.39, 0.29) is 5.91 Å². The second-order valence-electron chi connectivity index (χ2n) is 5.46. The number of ether oxygens (including phenoxy) is 1. The minimum absolute atomic E-state index is 0.0607. The first-order chi connectivity index (χ1) is 9.27. The lowest BCUT2D eigenvalue weighted by atomic mass is 9.87. The third kappa shape index (κ3) is 3.68. The molecule has 1 amide bonds. The minimum atomic E-state index is -0.737. The predicted octanol–water partition coefficient (Wildman–Crippen LogP) is 0.909. The maximum Gasteiger partial charge on any atom is 0.240 e. The molecule has 1 aliphatic carbocycles. The molecule has 19 heavy (non-hydrogen) atoms. The van der Waals surface area contributed by atoms with Crippen molar-refractivity contribution in [3.05, 3.63) is 0 Å². The molecule has 1 N–H and O–H groups in total. The van der Waals surface area contributed by atoms with Crippen LogP contribution in [-0.2, 0) is 9.53 Å². The Kier molecular flexibility index (Phi) is 5.17. The van der Waals surface area contributed by atoms with Crippen LogP contribution in [0.25, 0.3) is 0 Å². The summed E-state index contributed by atoms with van der Waals surface area (Å²) in [6, 6.07) is 2.23. The average molecular weight is 265 g/mol. The standard InChI is InChI=1S/C14H23N3O2/c15-12-14(4-1-2-5-14)13(18)16-6-3-7-17-8-10-19-11-9-17/h1-11H2,(H,16,18). The van der Waals surface area contributed by atoms with Gasteiger partial charge in [-0.2, -0.15) is 5.26 Å². The van der Waals surface area contributed by atoms with Crippen molar-refractivity contribution in [2.24, 2.45) is 5.41 Å². The van der Waals surface area contributed by atoms with Gasteiger partial charge in [-0.05, 0) is 25.8 Å². The number of morpholine rings is 1. The number of carbonyl (C=O) groups excluding carboxylic acids is 1. The number of nitrogens with one attached hydrogen (secondary N) is 1. The van der Waals surface area contributed by atoms with Gasteiger partial charge in [-0.25, -0.2) is 0 Å². The molecule has 2 fully saturated rings. The first-order valence-electron chi connectivity index (χ1n) is 7.26. The highest BCUT2D eigenvalue weighted by Gasteiger charge is 2.41. The Bertz CT molecular complexity index is 339. The van der Waals surface area contributed by atoms with Gasteiger partial charge in [0.1, 0.15) is 5.41 Å². The van der Waals surface area contributed by atoms with Crippen LogP contribution in [0.1, 0.15) is 32.1 Å². The smallest absolute Gasteiger partial charge is 0.240 e. The number of rotatable bonds is 5. The van der Waals surface area contributed by atoms with E-state index in [1.807, 2.05) is 0 Å². The third-order valence-corrected chi connectivity index (χ3v) is 4.15. The van der Waals surface area contributed by atoms with Gasteiger partial charge >= 0.3 is 0 Å². The van der Waals surface area contributed by atoms with Crippen LogP contribution in [0.3, 0.4) is 0 Å². The van der Waals surface area contributed by atoms with Crippen LogP contribution in [0.2, 0.25) is 0 Å². The number of nitrogens with zero attached hydrogens (tertiary/aromatic N) is 2. The number of amides is 1. The monoisotopic (exact) mass is 265 g/mol. The number of hydrogen-bond acceptors (Lipinski definition) is 4. The van der Waals surface area contributed by atoms with Gasteiger partial charge in [0, 0.05) is 19.6 Å². The molecule has 2 rings (SSSR count). The summed E-state index contributed by atoms with van der Waals surface area (Å²) in [4.78, 5) is 14.4. The zero-order valence-corrected chi connectivity index (χ0v) is 11.5. The summed E-state index contributed by atoms with van der Waals surface area (Å²) in [6.45, 7) is 5.24. The van der Waals surface area contributed by atoms with Gasteiger partial charge in [0.2, 0.25) is 5.91 Å². The van der Waals surface area contributed by atoms with Crippen LogP contribution in [0, 0.1) is 16.7 Å². The van der Waals surface area contributed by atoms with E-state index >= 15 is 0 Å². The molecule has 0 radical (unpaired) electrons. The molecule has 0 atom stereocenters. The summed E-state index contributed by atoms with van der Waals surface area (Å²) < 4.78 is 5.29. The molecule has 2 aliphatic rings. The van der Waals surface area contributed by atoms with E-state index in [0.29, 0.717) is 6.54 Å². The Morgan fingerprint density at radius 1 is 1.32 bits per heavy atom. The molecule has 0 aromatic heterocycles. The van der Waals surface area contributed by atoms with Crippen LogP contribution in [-0.4, -0.2) is 50.2 Å². The van der Waals surface area contributed by atoms with Gasteiger partial charge in [-0.15, -0.1) is 0 Å². The van der Waals surface area contributed by atoms with Crippen molar-refractivity contribution in [1.29, 1.82) is 5.26 Å². The molecule has 0 aromatic carbocycles. The third-order valence-electron chi connectivity index (χ3n) is 4.15. The van der Waals surface area contributed by atoms with E-state index in [2.05, 4.69) is 16.3 Å². The molecule has 5 nitrogen and oxygen atoms in total. The van der Waals surface area contributed by atoms with E-state index in [1.54, 1.807) is 0 Å². The van der Waals surface area contributed by atoms with Crippen molar-refractivity contribution in [1.82, 2.24) is 10.2 Å². The van der Waals surface area contributed by atoms with E-state index in [4.69, 9.17) is 4.74 Å². The second kappa shape index (κ2) is 6.88. The Labute approximate surface area is 114 Å². The van der Waals surface area contributed by atoms with Crippen LogP contribution in [0.4, 0.5) is 0 Å². The average Bonchev–Trinajstić information content (AvgIpc) is 2.94. The van der Waals surface area contributed by atoms with Crippen LogP contribution >= 0.6 is 0 Å². The molecule has 106 valence electrons. The predicted molar refractivity (Wildman–Crippen MR) is 71.4 cm³/mol. The molecule has 0 unspecified atom stereocenters. The first kappa shape index (κ1) is 14.3. The van der Waals surface area contributed by atoms with E-state index < -0.39 is 5.41 Å². The molecule has 1 heterocycles. The lowest BCUT2D eigenvalue weighted by Gasteiger charge is -2.26. The van der Waals surface area contributed by atoms with Gasteiger partial charge < -0.3 is 10.1 Å². The molecule has 1 aliphatic heterocycles. The van der Waals surface area contributed by atoms with Crippen molar-refractivity contribution in [3.63, 3.8) is 0 Å². The molecule has 5 heteroatoms. The maximum absolute atomic E-state index is 12.1. The Hall–Kier alpha value is -1.12. The van der Waals surface area contributed by atoms with E-state index in [1.165, 1.54) is 0 Å². The Balaban J connectivity index is 1.65. The van der Waals surface area contributed by atoms with Gasteiger partial charge in [0.25, 0.3) is 0 Å². The first-order valence-corrected chi connectivity index (χ1v) is 7.26. The fraction of sp³-hybridized carbons (Fsp3) is 0.857. The molecule has 0 bridgehead atoms. The fourth-order valence-electron chi connectivity index (χ4n) is 2.87. The van der Waals surface area contributed by atoms with Gasteiger partial charge in [0.15, 0.2) is 0 Å². The molecular weight excluding hydrogens is 242 g/mol. The quantitative estimate of drug-likeness (QED) is 0.750. The summed E-state index contributed by atoms with van der Waals surface area (Å²) in [6.07, 6.45) is 4.37. The number of carbonyl (C=O) groups is 1. The largest absolute Gasteiger partial charge is 0.379 e. The topological polar surface area (TPSA) is 65.4 Å². The van der Waals surface area contributed by atoms with Crippen molar-refractivity contribution < 1.29 is 9.53 Å². The minimum Gasteiger partial charge on any atom is -0.379 e.